The van der Waals surface area contributed by atoms with Crippen LogP contribution >= 0.6 is 0 Å². The fourth-order valence-electron chi connectivity index (χ4n) is 2.75. The highest BCUT2D eigenvalue weighted by Gasteiger charge is 2.12. The Bertz CT molecular complexity index is 858. The second-order valence-corrected chi connectivity index (χ2v) is 7.42. The van der Waals surface area contributed by atoms with Crippen molar-refractivity contribution < 1.29 is 4.39 Å². The van der Waals surface area contributed by atoms with Crippen LogP contribution in [0.4, 0.5) is 4.39 Å². The van der Waals surface area contributed by atoms with Gasteiger partial charge in [0.2, 0.25) is 0 Å². The molecule has 0 atom stereocenters. The largest absolute Gasteiger partial charge is 0.334 e. The summed E-state index contributed by atoms with van der Waals surface area (Å²) < 4.78 is 15.3. The van der Waals surface area contributed by atoms with E-state index in [4.69, 9.17) is 0 Å². The lowest BCUT2D eigenvalue weighted by Gasteiger charge is -2.21. The molecule has 25 heavy (non-hydrogen) atoms. The van der Waals surface area contributed by atoms with Crippen molar-refractivity contribution in [2.75, 3.05) is 0 Å². The summed E-state index contributed by atoms with van der Waals surface area (Å²) in [6.07, 6.45) is 3.66. The minimum atomic E-state index is -0.221. The van der Waals surface area contributed by atoms with Crippen molar-refractivity contribution >= 4 is 0 Å². The molecule has 130 valence electrons. The summed E-state index contributed by atoms with van der Waals surface area (Å²) in [4.78, 5) is 4.22. The monoisotopic (exact) mass is 337 g/mol. The Kier molecular flexibility index (Phi) is 4.73. The molecule has 0 aliphatic rings. The maximum absolute atomic E-state index is 13.3. The predicted octanol–water partition coefficient (Wildman–Crippen LogP) is 4.78. The summed E-state index contributed by atoms with van der Waals surface area (Å²) in [5.74, 6) is -0.221. The summed E-state index contributed by atoms with van der Waals surface area (Å²) in [6, 6.07) is 13.1. The number of halogens is 1. The zero-order valence-corrected chi connectivity index (χ0v) is 15.2. The predicted molar refractivity (Wildman–Crippen MR) is 101 cm³/mol. The van der Waals surface area contributed by atoms with Crippen molar-refractivity contribution in [1.82, 2.24) is 14.9 Å². The minimum absolute atomic E-state index is 0.0403. The van der Waals surface area contributed by atoms with Gasteiger partial charge in [-0.1, -0.05) is 12.1 Å². The molecule has 2 aromatic carbocycles. The van der Waals surface area contributed by atoms with Crippen molar-refractivity contribution in [3.63, 3.8) is 0 Å². The van der Waals surface area contributed by atoms with Crippen LogP contribution in [0.5, 0.6) is 0 Å². The van der Waals surface area contributed by atoms with Crippen molar-refractivity contribution in [2.24, 2.45) is 7.05 Å². The van der Waals surface area contributed by atoms with Gasteiger partial charge in [-0.15, -0.1) is 0 Å². The lowest BCUT2D eigenvalue weighted by atomic mass is 9.98. The summed E-state index contributed by atoms with van der Waals surface area (Å²) in [5, 5.41) is 3.53. The molecule has 0 unspecified atom stereocenters. The van der Waals surface area contributed by atoms with Crippen molar-refractivity contribution in [3.8, 4) is 22.4 Å². The van der Waals surface area contributed by atoms with Crippen LogP contribution in [-0.4, -0.2) is 15.1 Å². The van der Waals surface area contributed by atoms with E-state index in [1.165, 1.54) is 17.7 Å². The Morgan fingerprint density at radius 2 is 1.68 bits per heavy atom. The van der Waals surface area contributed by atoms with E-state index in [0.29, 0.717) is 0 Å². The second-order valence-electron chi connectivity index (χ2n) is 7.42. The zero-order valence-electron chi connectivity index (χ0n) is 15.2. The van der Waals surface area contributed by atoms with E-state index < -0.39 is 0 Å². The van der Waals surface area contributed by atoms with Crippen LogP contribution in [0, 0.1) is 5.82 Å². The van der Waals surface area contributed by atoms with Gasteiger partial charge < -0.3 is 9.88 Å². The van der Waals surface area contributed by atoms with Gasteiger partial charge in [0.15, 0.2) is 0 Å². The molecule has 3 aromatic rings. The third-order valence-electron chi connectivity index (χ3n) is 4.11. The van der Waals surface area contributed by atoms with E-state index in [2.05, 4.69) is 49.3 Å². The maximum atomic E-state index is 13.3. The van der Waals surface area contributed by atoms with Crippen LogP contribution in [0.1, 0.15) is 26.3 Å². The average molecular weight is 337 g/mol. The number of nitrogens with one attached hydrogen (secondary N) is 1. The van der Waals surface area contributed by atoms with Gasteiger partial charge in [-0.25, -0.2) is 9.37 Å². The molecule has 1 aromatic heterocycles. The van der Waals surface area contributed by atoms with Crippen LogP contribution in [0.3, 0.4) is 0 Å². The van der Waals surface area contributed by atoms with E-state index in [1.807, 2.05) is 29.9 Å². The first-order chi connectivity index (χ1) is 11.8. The fourth-order valence-corrected chi connectivity index (χ4v) is 2.75. The second kappa shape index (κ2) is 6.81. The average Bonchev–Trinajstić information content (AvgIpc) is 2.99. The zero-order chi connectivity index (χ0) is 18.0. The Hall–Kier alpha value is -2.46. The summed E-state index contributed by atoms with van der Waals surface area (Å²) in [6.45, 7) is 7.22. The SMILES string of the molecule is Cn1cncc1-c1cc(CNC(C)(C)C)cc(-c2ccc(F)cc2)c1. The number of aromatic nitrogens is 2. The number of rotatable bonds is 4. The minimum Gasteiger partial charge on any atom is -0.334 e. The number of hydrogen-bond donors (Lipinski definition) is 1. The van der Waals surface area contributed by atoms with Gasteiger partial charge in [-0.05, 0) is 67.8 Å². The topological polar surface area (TPSA) is 29.9 Å². The number of imidazole rings is 1. The molecule has 1 N–H and O–H groups in total. The molecule has 0 spiro atoms. The Morgan fingerprint density at radius 1 is 1.00 bits per heavy atom. The van der Waals surface area contributed by atoms with Crippen LogP contribution in [-0.2, 0) is 13.6 Å². The molecule has 0 saturated heterocycles. The van der Waals surface area contributed by atoms with Gasteiger partial charge in [0.1, 0.15) is 5.82 Å². The number of benzene rings is 2. The van der Waals surface area contributed by atoms with Gasteiger partial charge in [0, 0.05) is 24.7 Å². The highest BCUT2D eigenvalue weighted by atomic mass is 19.1. The lowest BCUT2D eigenvalue weighted by Crippen LogP contribution is -2.35. The molecule has 0 bridgehead atoms. The van der Waals surface area contributed by atoms with Crippen molar-refractivity contribution in [2.45, 2.75) is 32.9 Å². The normalized spacial score (nSPS) is 11.7. The van der Waals surface area contributed by atoms with E-state index in [1.54, 1.807) is 6.33 Å². The summed E-state index contributed by atoms with van der Waals surface area (Å²) >= 11 is 0. The number of nitrogens with zero attached hydrogens (tertiary/aromatic N) is 2. The Morgan fingerprint density at radius 3 is 2.28 bits per heavy atom. The van der Waals surface area contributed by atoms with Gasteiger partial charge >= 0.3 is 0 Å². The molecular formula is C21H24FN3. The molecule has 0 amide bonds. The maximum Gasteiger partial charge on any atom is 0.123 e. The molecule has 4 heteroatoms. The first kappa shape index (κ1) is 17.4. The lowest BCUT2D eigenvalue weighted by molar-refractivity contribution is 0.424. The van der Waals surface area contributed by atoms with Crippen molar-refractivity contribution in [1.29, 1.82) is 0 Å². The van der Waals surface area contributed by atoms with Gasteiger partial charge in [-0.2, -0.15) is 0 Å². The Balaban J connectivity index is 2.04. The van der Waals surface area contributed by atoms with Crippen molar-refractivity contribution in [3.05, 3.63) is 66.4 Å². The first-order valence-electron chi connectivity index (χ1n) is 8.43. The first-order valence-corrected chi connectivity index (χ1v) is 8.43. The third kappa shape index (κ3) is 4.34. The fraction of sp³-hybridized carbons (Fsp3) is 0.286. The quantitative estimate of drug-likeness (QED) is 0.742. The molecule has 1 heterocycles. The van der Waals surface area contributed by atoms with E-state index in [0.717, 1.165) is 28.9 Å². The Labute approximate surface area is 148 Å². The van der Waals surface area contributed by atoms with Crippen LogP contribution in [0.25, 0.3) is 22.4 Å². The van der Waals surface area contributed by atoms with Crippen LogP contribution in [0.2, 0.25) is 0 Å². The molecule has 0 aliphatic carbocycles. The molecule has 0 saturated carbocycles. The van der Waals surface area contributed by atoms with Gasteiger partial charge in [0.05, 0.1) is 18.2 Å². The number of aryl methyl sites for hydroxylation is 1. The van der Waals surface area contributed by atoms with Gasteiger partial charge in [-0.3, -0.25) is 0 Å². The molecule has 3 nitrogen and oxygen atoms in total. The molecular weight excluding hydrogens is 313 g/mol. The molecule has 0 fully saturated rings. The third-order valence-corrected chi connectivity index (χ3v) is 4.11. The summed E-state index contributed by atoms with van der Waals surface area (Å²) in [5.41, 5.74) is 5.46. The molecule has 3 rings (SSSR count). The standard InChI is InChI=1S/C21H24FN3/c1-21(2,3)24-12-15-9-17(16-5-7-19(22)8-6-16)11-18(10-15)20-13-23-14-25(20)4/h5-11,13-14,24H,12H2,1-4H3. The van der Waals surface area contributed by atoms with E-state index in [-0.39, 0.29) is 11.4 Å². The summed E-state index contributed by atoms with van der Waals surface area (Å²) in [7, 11) is 1.99. The smallest absolute Gasteiger partial charge is 0.123 e. The van der Waals surface area contributed by atoms with Crippen LogP contribution < -0.4 is 5.32 Å². The van der Waals surface area contributed by atoms with E-state index in [9.17, 15) is 4.39 Å². The van der Waals surface area contributed by atoms with E-state index >= 15 is 0 Å². The highest BCUT2D eigenvalue weighted by Crippen LogP contribution is 2.28. The molecule has 0 radical (unpaired) electrons. The number of hydrogen-bond acceptors (Lipinski definition) is 2. The molecule has 0 aliphatic heterocycles. The highest BCUT2D eigenvalue weighted by molar-refractivity contribution is 5.72. The van der Waals surface area contributed by atoms with Crippen LogP contribution in [0.15, 0.2) is 55.0 Å². The van der Waals surface area contributed by atoms with Gasteiger partial charge in [0.25, 0.3) is 0 Å².